The quantitative estimate of drug-likeness (QED) is 0.287. The van der Waals surface area contributed by atoms with E-state index < -0.39 is 0 Å². The van der Waals surface area contributed by atoms with Gasteiger partial charge in [0, 0.05) is 25.8 Å². The summed E-state index contributed by atoms with van der Waals surface area (Å²) in [6, 6.07) is 20.7. The predicted octanol–water partition coefficient (Wildman–Crippen LogP) is 3.67. The van der Waals surface area contributed by atoms with Gasteiger partial charge in [0.15, 0.2) is 11.7 Å². The standard InChI is InChI=1S/C23H26N4O3/c1-24-23(25-14-6-16-29-20-7-3-2-4-8-20)26-17-18-10-12-19(13-11-18)27-22(28)21-9-5-15-30-21/h2-5,7-13,15H,6,14,16-17H2,1H3,(H,27,28)(H2,24,25,26). The molecular formula is C23H26N4O3. The summed E-state index contributed by atoms with van der Waals surface area (Å²) in [5.41, 5.74) is 1.78. The highest BCUT2D eigenvalue weighted by molar-refractivity contribution is 6.02. The summed E-state index contributed by atoms with van der Waals surface area (Å²) < 4.78 is 10.8. The fraction of sp³-hybridized carbons (Fsp3) is 0.217. The number of para-hydroxylation sites is 1. The minimum Gasteiger partial charge on any atom is -0.494 e. The molecule has 7 heteroatoms. The molecule has 0 aliphatic rings. The van der Waals surface area contributed by atoms with Crippen LogP contribution < -0.4 is 20.7 Å². The van der Waals surface area contributed by atoms with E-state index in [4.69, 9.17) is 9.15 Å². The van der Waals surface area contributed by atoms with E-state index in [-0.39, 0.29) is 11.7 Å². The molecule has 1 amide bonds. The third-order valence-electron chi connectivity index (χ3n) is 4.27. The number of amides is 1. The molecule has 0 saturated heterocycles. The second-order valence-corrected chi connectivity index (χ2v) is 6.50. The summed E-state index contributed by atoms with van der Waals surface area (Å²) in [5.74, 6) is 1.62. The van der Waals surface area contributed by atoms with Crippen LogP contribution >= 0.6 is 0 Å². The number of carbonyl (C=O) groups is 1. The maximum Gasteiger partial charge on any atom is 0.291 e. The Balaban J connectivity index is 1.35. The number of carbonyl (C=O) groups excluding carboxylic acids is 1. The van der Waals surface area contributed by atoms with Crippen LogP contribution in [0.25, 0.3) is 0 Å². The summed E-state index contributed by atoms with van der Waals surface area (Å²) in [4.78, 5) is 16.2. The van der Waals surface area contributed by atoms with Crippen molar-refractivity contribution in [2.24, 2.45) is 4.99 Å². The number of benzene rings is 2. The molecule has 0 aliphatic carbocycles. The fourth-order valence-electron chi connectivity index (χ4n) is 2.70. The Morgan fingerprint density at radius 2 is 1.80 bits per heavy atom. The number of anilines is 1. The van der Waals surface area contributed by atoms with Crippen LogP contribution in [0.5, 0.6) is 5.75 Å². The number of furan rings is 1. The van der Waals surface area contributed by atoms with Crippen LogP contribution in [-0.2, 0) is 6.54 Å². The lowest BCUT2D eigenvalue weighted by Gasteiger charge is -2.12. The number of aliphatic imine (C=N–C) groups is 1. The molecule has 3 rings (SSSR count). The van der Waals surface area contributed by atoms with Crippen molar-refractivity contribution in [2.45, 2.75) is 13.0 Å². The predicted molar refractivity (Wildman–Crippen MR) is 118 cm³/mol. The summed E-state index contributed by atoms with van der Waals surface area (Å²) in [5, 5.41) is 9.34. The Bertz CT molecular complexity index is 923. The van der Waals surface area contributed by atoms with Gasteiger partial charge in [-0.05, 0) is 48.4 Å². The SMILES string of the molecule is CN=C(NCCCOc1ccccc1)NCc1ccc(NC(=O)c2ccco2)cc1. The normalized spacial score (nSPS) is 11.0. The van der Waals surface area contributed by atoms with E-state index in [1.165, 1.54) is 6.26 Å². The molecule has 0 saturated carbocycles. The zero-order valence-electron chi connectivity index (χ0n) is 16.9. The van der Waals surface area contributed by atoms with Gasteiger partial charge < -0.3 is 25.1 Å². The molecule has 0 bridgehead atoms. The van der Waals surface area contributed by atoms with Gasteiger partial charge in [-0.2, -0.15) is 0 Å². The molecule has 30 heavy (non-hydrogen) atoms. The Kier molecular flexibility index (Phi) is 7.91. The van der Waals surface area contributed by atoms with Crippen molar-refractivity contribution in [2.75, 3.05) is 25.5 Å². The van der Waals surface area contributed by atoms with Gasteiger partial charge in [-0.15, -0.1) is 0 Å². The number of hydrogen-bond acceptors (Lipinski definition) is 4. The van der Waals surface area contributed by atoms with Gasteiger partial charge in [0.2, 0.25) is 0 Å². The zero-order chi connectivity index (χ0) is 21.0. The molecule has 2 aromatic carbocycles. The molecule has 1 heterocycles. The van der Waals surface area contributed by atoms with Gasteiger partial charge >= 0.3 is 0 Å². The average molecular weight is 406 g/mol. The molecule has 0 aliphatic heterocycles. The molecule has 0 spiro atoms. The molecule has 0 unspecified atom stereocenters. The van der Waals surface area contributed by atoms with Crippen LogP contribution in [0, 0.1) is 0 Å². The van der Waals surface area contributed by atoms with E-state index in [2.05, 4.69) is 20.9 Å². The van der Waals surface area contributed by atoms with Crippen molar-refractivity contribution < 1.29 is 13.9 Å². The number of nitrogens with one attached hydrogen (secondary N) is 3. The topological polar surface area (TPSA) is 87.9 Å². The summed E-state index contributed by atoms with van der Waals surface area (Å²) in [6.07, 6.45) is 2.33. The van der Waals surface area contributed by atoms with Crippen molar-refractivity contribution in [3.05, 3.63) is 84.3 Å². The first-order valence-corrected chi connectivity index (χ1v) is 9.81. The monoisotopic (exact) mass is 406 g/mol. The van der Waals surface area contributed by atoms with Crippen molar-refractivity contribution in [3.63, 3.8) is 0 Å². The largest absolute Gasteiger partial charge is 0.494 e. The van der Waals surface area contributed by atoms with Crippen LogP contribution in [0.1, 0.15) is 22.5 Å². The Hall–Kier alpha value is -3.74. The molecule has 0 fully saturated rings. The van der Waals surface area contributed by atoms with Gasteiger partial charge in [0.25, 0.3) is 5.91 Å². The first-order valence-electron chi connectivity index (χ1n) is 9.81. The molecule has 7 nitrogen and oxygen atoms in total. The van der Waals surface area contributed by atoms with Crippen LogP contribution in [0.4, 0.5) is 5.69 Å². The smallest absolute Gasteiger partial charge is 0.291 e. The minimum atomic E-state index is -0.272. The fourth-order valence-corrected chi connectivity index (χ4v) is 2.70. The third kappa shape index (κ3) is 6.70. The lowest BCUT2D eigenvalue weighted by atomic mass is 10.2. The highest BCUT2D eigenvalue weighted by atomic mass is 16.5. The van der Waals surface area contributed by atoms with Gasteiger partial charge in [-0.3, -0.25) is 9.79 Å². The number of ether oxygens (including phenoxy) is 1. The summed E-state index contributed by atoms with van der Waals surface area (Å²) >= 11 is 0. The van der Waals surface area contributed by atoms with Crippen LogP contribution in [0.15, 0.2) is 82.4 Å². The Morgan fingerprint density at radius 1 is 1.00 bits per heavy atom. The van der Waals surface area contributed by atoms with Crippen molar-refractivity contribution in [3.8, 4) is 5.75 Å². The third-order valence-corrected chi connectivity index (χ3v) is 4.27. The summed E-state index contributed by atoms with van der Waals surface area (Å²) in [6.45, 7) is 2.01. The van der Waals surface area contributed by atoms with E-state index in [1.54, 1.807) is 19.2 Å². The van der Waals surface area contributed by atoms with E-state index >= 15 is 0 Å². The van der Waals surface area contributed by atoms with Crippen molar-refractivity contribution in [1.29, 1.82) is 0 Å². The lowest BCUT2D eigenvalue weighted by molar-refractivity contribution is 0.0996. The van der Waals surface area contributed by atoms with Crippen LogP contribution in [-0.4, -0.2) is 32.1 Å². The molecule has 0 radical (unpaired) electrons. The highest BCUT2D eigenvalue weighted by Crippen LogP contribution is 2.12. The number of nitrogens with zero attached hydrogens (tertiary/aromatic N) is 1. The second kappa shape index (κ2) is 11.3. The maximum atomic E-state index is 12.0. The van der Waals surface area contributed by atoms with Gasteiger partial charge in [-0.1, -0.05) is 30.3 Å². The molecular weight excluding hydrogens is 380 g/mol. The Labute approximate surface area is 176 Å². The molecule has 0 atom stereocenters. The average Bonchev–Trinajstić information content (AvgIpc) is 3.32. The molecule has 156 valence electrons. The molecule has 3 N–H and O–H groups in total. The van der Waals surface area contributed by atoms with E-state index in [0.29, 0.717) is 18.8 Å². The van der Waals surface area contributed by atoms with Crippen LogP contribution in [0.2, 0.25) is 0 Å². The Morgan fingerprint density at radius 3 is 2.50 bits per heavy atom. The zero-order valence-corrected chi connectivity index (χ0v) is 16.9. The first kappa shape index (κ1) is 21.0. The number of rotatable bonds is 9. The molecule has 3 aromatic rings. The van der Waals surface area contributed by atoms with Crippen molar-refractivity contribution in [1.82, 2.24) is 10.6 Å². The van der Waals surface area contributed by atoms with E-state index in [0.717, 1.165) is 30.2 Å². The summed E-state index contributed by atoms with van der Waals surface area (Å²) in [7, 11) is 1.74. The van der Waals surface area contributed by atoms with Gasteiger partial charge in [0.1, 0.15) is 5.75 Å². The highest BCUT2D eigenvalue weighted by Gasteiger charge is 2.08. The van der Waals surface area contributed by atoms with E-state index in [1.807, 2.05) is 54.6 Å². The first-order chi connectivity index (χ1) is 14.7. The van der Waals surface area contributed by atoms with Gasteiger partial charge in [0.05, 0.1) is 12.9 Å². The van der Waals surface area contributed by atoms with Gasteiger partial charge in [-0.25, -0.2) is 0 Å². The number of guanidine groups is 1. The second-order valence-electron chi connectivity index (χ2n) is 6.50. The number of hydrogen-bond donors (Lipinski definition) is 3. The maximum absolute atomic E-state index is 12.0. The lowest BCUT2D eigenvalue weighted by Crippen LogP contribution is -2.37. The minimum absolute atomic E-state index is 0.272. The molecule has 1 aromatic heterocycles. The van der Waals surface area contributed by atoms with Crippen LogP contribution in [0.3, 0.4) is 0 Å². The van der Waals surface area contributed by atoms with Crippen molar-refractivity contribution >= 4 is 17.6 Å². The van der Waals surface area contributed by atoms with E-state index in [9.17, 15) is 4.79 Å².